The zero-order valence-electron chi connectivity index (χ0n) is 13.6. The van der Waals surface area contributed by atoms with Gasteiger partial charge in [-0.1, -0.05) is 54.4 Å². The van der Waals surface area contributed by atoms with Gasteiger partial charge >= 0.3 is 0 Å². The van der Waals surface area contributed by atoms with Crippen LogP contribution in [0.1, 0.15) is 80.1 Å². The molecule has 0 radical (unpaired) electrons. The van der Waals surface area contributed by atoms with Crippen LogP contribution < -0.4 is 0 Å². The van der Waals surface area contributed by atoms with Crippen LogP contribution in [0.15, 0.2) is 0 Å². The van der Waals surface area contributed by atoms with E-state index in [0.29, 0.717) is 10.8 Å². The van der Waals surface area contributed by atoms with Gasteiger partial charge in [0.15, 0.2) is 0 Å². The standard InChI is InChI=1S/C18H34/c1-13(2)12-15-14(3)8-9-16-17(4,5)10-7-11-18(15,16)6/h13-16H,7-12H2,1-6H3. The van der Waals surface area contributed by atoms with E-state index in [-0.39, 0.29) is 0 Å². The highest BCUT2D eigenvalue weighted by Crippen LogP contribution is 2.62. The predicted octanol–water partition coefficient (Wildman–Crippen LogP) is 5.91. The van der Waals surface area contributed by atoms with Crippen molar-refractivity contribution in [3.05, 3.63) is 0 Å². The molecule has 0 spiro atoms. The fourth-order valence-corrected chi connectivity index (χ4v) is 5.62. The largest absolute Gasteiger partial charge is 0.0628 e. The number of fused-ring (bicyclic) bond motifs is 1. The van der Waals surface area contributed by atoms with Gasteiger partial charge in [-0.05, 0) is 60.2 Å². The Morgan fingerprint density at radius 2 is 1.72 bits per heavy atom. The molecule has 0 heteroatoms. The van der Waals surface area contributed by atoms with Gasteiger partial charge < -0.3 is 0 Å². The smallest absolute Gasteiger partial charge is 0.0262 e. The molecule has 18 heavy (non-hydrogen) atoms. The highest BCUT2D eigenvalue weighted by atomic mass is 14.6. The molecule has 2 aliphatic carbocycles. The summed E-state index contributed by atoms with van der Waals surface area (Å²) in [5.74, 6) is 3.75. The third-order valence-corrected chi connectivity index (χ3v) is 6.45. The second-order valence-corrected chi connectivity index (χ2v) is 8.69. The molecular weight excluding hydrogens is 216 g/mol. The van der Waals surface area contributed by atoms with Gasteiger partial charge in [-0.15, -0.1) is 0 Å². The van der Waals surface area contributed by atoms with Crippen molar-refractivity contribution in [3.63, 3.8) is 0 Å². The van der Waals surface area contributed by atoms with Gasteiger partial charge in [0.1, 0.15) is 0 Å². The van der Waals surface area contributed by atoms with Crippen LogP contribution in [0.5, 0.6) is 0 Å². The van der Waals surface area contributed by atoms with Crippen molar-refractivity contribution in [3.8, 4) is 0 Å². The highest BCUT2D eigenvalue weighted by molar-refractivity contribution is 5.02. The number of hydrogen-bond acceptors (Lipinski definition) is 0. The third kappa shape index (κ3) is 2.37. The molecule has 2 fully saturated rings. The van der Waals surface area contributed by atoms with E-state index in [4.69, 9.17) is 0 Å². The van der Waals surface area contributed by atoms with Crippen molar-refractivity contribution in [2.24, 2.45) is 34.5 Å². The number of rotatable bonds is 2. The van der Waals surface area contributed by atoms with Gasteiger partial charge in [0, 0.05) is 0 Å². The Labute approximate surface area is 115 Å². The molecule has 0 heterocycles. The van der Waals surface area contributed by atoms with Crippen LogP contribution in [0.3, 0.4) is 0 Å². The molecule has 0 aromatic heterocycles. The Bertz CT molecular complexity index is 288. The summed E-state index contributed by atoms with van der Waals surface area (Å²) < 4.78 is 0. The van der Waals surface area contributed by atoms with Crippen molar-refractivity contribution in [2.75, 3.05) is 0 Å². The topological polar surface area (TPSA) is 0 Å². The Balaban J connectivity index is 2.28. The molecule has 2 rings (SSSR count). The zero-order valence-corrected chi connectivity index (χ0v) is 13.6. The lowest BCUT2D eigenvalue weighted by Gasteiger charge is -2.59. The molecule has 106 valence electrons. The summed E-state index contributed by atoms with van der Waals surface area (Å²) in [6.07, 6.45) is 8.81. The average Bonchev–Trinajstić information content (AvgIpc) is 2.22. The van der Waals surface area contributed by atoms with Crippen molar-refractivity contribution >= 4 is 0 Å². The summed E-state index contributed by atoms with van der Waals surface area (Å²) in [4.78, 5) is 0. The fourth-order valence-electron chi connectivity index (χ4n) is 5.62. The molecular formula is C18H34. The Hall–Kier alpha value is 0. The third-order valence-electron chi connectivity index (χ3n) is 6.45. The minimum atomic E-state index is 0.586. The molecule has 0 aromatic carbocycles. The van der Waals surface area contributed by atoms with Gasteiger partial charge in [-0.25, -0.2) is 0 Å². The average molecular weight is 250 g/mol. The Morgan fingerprint density at radius 1 is 1.06 bits per heavy atom. The van der Waals surface area contributed by atoms with Crippen LogP contribution in [0.25, 0.3) is 0 Å². The first-order valence-electron chi connectivity index (χ1n) is 8.27. The van der Waals surface area contributed by atoms with E-state index in [9.17, 15) is 0 Å². The lowest BCUT2D eigenvalue weighted by atomic mass is 9.46. The molecule has 4 unspecified atom stereocenters. The molecule has 2 saturated carbocycles. The van der Waals surface area contributed by atoms with Crippen molar-refractivity contribution in [1.82, 2.24) is 0 Å². The van der Waals surface area contributed by atoms with Crippen LogP contribution in [0.4, 0.5) is 0 Å². The summed E-state index contributed by atoms with van der Waals surface area (Å²) in [6.45, 7) is 15.1. The monoisotopic (exact) mass is 250 g/mol. The normalized spacial score (nSPS) is 43.8. The van der Waals surface area contributed by atoms with E-state index in [2.05, 4.69) is 41.5 Å². The summed E-state index contributed by atoms with van der Waals surface area (Å²) in [7, 11) is 0. The van der Waals surface area contributed by atoms with Gasteiger partial charge in [-0.2, -0.15) is 0 Å². The zero-order chi connectivity index (χ0) is 13.6. The number of hydrogen-bond donors (Lipinski definition) is 0. The lowest BCUT2D eigenvalue weighted by molar-refractivity contribution is -0.0991. The van der Waals surface area contributed by atoms with Crippen LogP contribution >= 0.6 is 0 Å². The van der Waals surface area contributed by atoms with Gasteiger partial charge in [0.05, 0.1) is 0 Å². The molecule has 0 bridgehead atoms. The van der Waals surface area contributed by atoms with Gasteiger partial charge in [-0.3, -0.25) is 0 Å². The molecule has 0 saturated heterocycles. The molecule has 0 N–H and O–H groups in total. The Kier molecular flexibility index (Phi) is 3.87. The maximum absolute atomic E-state index is 2.64. The van der Waals surface area contributed by atoms with Gasteiger partial charge in [0.2, 0.25) is 0 Å². The van der Waals surface area contributed by atoms with Crippen LogP contribution in [-0.4, -0.2) is 0 Å². The molecule has 4 atom stereocenters. The lowest BCUT2D eigenvalue weighted by Crippen LogP contribution is -2.51. The van der Waals surface area contributed by atoms with E-state index < -0.39 is 0 Å². The minimum absolute atomic E-state index is 0.586. The van der Waals surface area contributed by atoms with E-state index in [1.807, 2.05) is 0 Å². The van der Waals surface area contributed by atoms with E-state index in [1.165, 1.54) is 38.5 Å². The van der Waals surface area contributed by atoms with Crippen molar-refractivity contribution < 1.29 is 0 Å². The predicted molar refractivity (Wildman–Crippen MR) is 80.6 cm³/mol. The SMILES string of the molecule is CC(C)CC1C(C)CCC2C(C)(C)CCCC12C. The van der Waals surface area contributed by atoms with E-state index >= 15 is 0 Å². The van der Waals surface area contributed by atoms with Crippen LogP contribution in [-0.2, 0) is 0 Å². The molecule has 0 amide bonds. The highest BCUT2D eigenvalue weighted by Gasteiger charge is 2.53. The van der Waals surface area contributed by atoms with Crippen LogP contribution in [0, 0.1) is 34.5 Å². The fraction of sp³-hybridized carbons (Fsp3) is 1.00. The second kappa shape index (κ2) is 4.84. The maximum atomic E-state index is 2.64. The maximum Gasteiger partial charge on any atom is -0.0262 e. The van der Waals surface area contributed by atoms with E-state index in [1.54, 1.807) is 0 Å². The molecule has 0 aromatic rings. The molecule has 2 aliphatic rings. The van der Waals surface area contributed by atoms with Crippen molar-refractivity contribution in [1.29, 1.82) is 0 Å². The Morgan fingerprint density at radius 3 is 2.33 bits per heavy atom. The molecule has 0 nitrogen and oxygen atoms in total. The van der Waals surface area contributed by atoms with Gasteiger partial charge in [0.25, 0.3) is 0 Å². The van der Waals surface area contributed by atoms with Crippen molar-refractivity contribution in [2.45, 2.75) is 80.1 Å². The summed E-state index contributed by atoms with van der Waals surface area (Å²) in [5.41, 5.74) is 1.21. The van der Waals surface area contributed by atoms with Crippen LogP contribution in [0.2, 0.25) is 0 Å². The first-order valence-corrected chi connectivity index (χ1v) is 8.27. The summed E-state index contributed by atoms with van der Waals surface area (Å²) in [6, 6.07) is 0. The minimum Gasteiger partial charge on any atom is -0.0628 e. The first kappa shape index (κ1) is 14.4. The first-order chi connectivity index (χ1) is 8.27. The summed E-state index contributed by atoms with van der Waals surface area (Å²) in [5, 5.41) is 0. The molecule has 0 aliphatic heterocycles. The summed E-state index contributed by atoms with van der Waals surface area (Å²) >= 11 is 0. The van der Waals surface area contributed by atoms with E-state index in [0.717, 1.165) is 23.7 Å². The quantitative estimate of drug-likeness (QED) is 0.571. The second-order valence-electron chi connectivity index (χ2n) is 8.69.